The van der Waals surface area contributed by atoms with Crippen molar-refractivity contribution in [3.8, 4) is 11.3 Å². The molecule has 3 rings (SSSR count). The van der Waals surface area contributed by atoms with E-state index in [9.17, 15) is 4.79 Å². The number of aryl methyl sites for hydroxylation is 2. The fourth-order valence-corrected chi connectivity index (χ4v) is 2.76. The number of hydrogen-bond donors (Lipinski definition) is 0. The van der Waals surface area contributed by atoms with Gasteiger partial charge < -0.3 is 4.52 Å². The molecule has 0 saturated carbocycles. The number of nitrogens with zero attached hydrogens (tertiary/aromatic N) is 2. The standard InChI is InChI=1S/C20H20N2O2/c1-14(10-11-16-7-6-12-21-13-16)20(23)18-15(2)24-22-19(18)17-8-4-3-5-9-17/h3-9,12-14H,10-11H2,1-2H3. The lowest BCUT2D eigenvalue weighted by atomic mass is 9.91. The molecule has 4 nitrogen and oxygen atoms in total. The van der Waals surface area contributed by atoms with Crippen molar-refractivity contribution in [1.82, 2.24) is 10.1 Å². The summed E-state index contributed by atoms with van der Waals surface area (Å²) in [6, 6.07) is 13.6. The van der Waals surface area contributed by atoms with Crippen molar-refractivity contribution in [2.45, 2.75) is 26.7 Å². The Morgan fingerprint density at radius 2 is 1.96 bits per heavy atom. The van der Waals surface area contributed by atoms with Gasteiger partial charge in [-0.05, 0) is 31.4 Å². The zero-order chi connectivity index (χ0) is 16.9. The molecule has 1 aromatic carbocycles. The van der Waals surface area contributed by atoms with Gasteiger partial charge in [0.25, 0.3) is 0 Å². The molecule has 24 heavy (non-hydrogen) atoms. The van der Waals surface area contributed by atoms with E-state index in [0.29, 0.717) is 17.0 Å². The van der Waals surface area contributed by atoms with Gasteiger partial charge in [0.05, 0.1) is 5.56 Å². The first-order valence-electron chi connectivity index (χ1n) is 8.11. The number of hydrogen-bond acceptors (Lipinski definition) is 4. The number of carbonyl (C=O) groups excluding carboxylic acids is 1. The summed E-state index contributed by atoms with van der Waals surface area (Å²) in [4.78, 5) is 17.0. The Bertz CT molecular complexity index is 810. The second kappa shape index (κ2) is 7.21. The third kappa shape index (κ3) is 3.43. The Labute approximate surface area is 141 Å². The Morgan fingerprint density at radius 3 is 2.67 bits per heavy atom. The summed E-state index contributed by atoms with van der Waals surface area (Å²) < 4.78 is 5.30. The number of rotatable bonds is 6. The first kappa shape index (κ1) is 16.1. The van der Waals surface area contributed by atoms with Crippen molar-refractivity contribution in [2.75, 3.05) is 0 Å². The molecule has 3 aromatic rings. The van der Waals surface area contributed by atoms with Gasteiger partial charge in [0.2, 0.25) is 0 Å². The topological polar surface area (TPSA) is 56.0 Å². The first-order chi connectivity index (χ1) is 11.7. The van der Waals surface area contributed by atoms with E-state index in [2.05, 4.69) is 10.1 Å². The Hall–Kier alpha value is -2.75. The molecule has 0 N–H and O–H groups in total. The maximum atomic E-state index is 12.9. The molecule has 122 valence electrons. The third-order valence-corrected chi connectivity index (χ3v) is 4.19. The van der Waals surface area contributed by atoms with E-state index in [0.717, 1.165) is 24.0 Å². The monoisotopic (exact) mass is 320 g/mol. The highest BCUT2D eigenvalue weighted by atomic mass is 16.5. The van der Waals surface area contributed by atoms with Gasteiger partial charge in [0.15, 0.2) is 5.78 Å². The number of benzene rings is 1. The molecular weight excluding hydrogens is 300 g/mol. The van der Waals surface area contributed by atoms with Crippen LogP contribution in [-0.4, -0.2) is 15.9 Å². The molecule has 0 aliphatic rings. The summed E-state index contributed by atoms with van der Waals surface area (Å²) in [5.41, 5.74) is 3.27. The van der Waals surface area contributed by atoms with Crippen molar-refractivity contribution >= 4 is 5.78 Å². The fourth-order valence-electron chi connectivity index (χ4n) is 2.76. The Kier molecular flexibility index (Phi) is 4.85. The van der Waals surface area contributed by atoms with Crippen LogP contribution in [0.25, 0.3) is 11.3 Å². The lowest BCUT2D eigenvalue weighted by Gasteiger charge is -2.10. The molecule has 0 radical (unpaired) electrons. The van der Waals surface area contributed by atoms with Crippen LogP contribution in [0.3, 0.4) is 0 Å². The van der Waals surface area contributed by atoms with Crippen LogP contribution in [-0.2, 0) is 6.42 Å². The molecule has 0 aliphatic heterocycles. The molecule has 0 saturated heterocycles. The van der Waals surface area contributed by atoms with Crippen LogP contribution >= 0.6 is 0 Å². The van der Waals surface area contributed by atoms with E-state index in [1.807, 2.05) is 55.6 Å². The van der Waals surface area contributed by atoms with Crippen molar-refractivity contribution in [3.05, 3.63) is 71.7 Å². The number of pyridine rings is 1. The number of ketones is 1. The van der Waals surface area contributed by atoms with Gasteiger partial charge in [0, 0.05) is 23.9 Å². The average Bonchev–Trinajstić information content (AvgIpc) is 3.02. The van der Waals surface area contributed by atoms with Crippen molar-refractivity contribution < 1.29 is 9.32 Å². The van der Waals surface area contributed by atoms with Gasteiger partial charge in [0.1, 0.15) is 11.5 Å². The highest BCUT2D eigenvalue weighted by Crippen LogP contribution is 2.28. The first-order valence-corrected chi connectivity index (χ1v) is 8.11. The summed E-state index contributed by atoms with van der Waals surface area (Å²) in [5.74, 6) is 0.550. The van der Waals surface area contributed by atoms with E-state index in [-0.39, 0.29) is 11.7 Å². The molecule has 0 bridgehead atoms. The lowest BCUT2D eigenvalue weighted by Crippen LogP contribution is -2.14. The number of carbonyl (C=O) groups is 1. The minimum Gasteiger partial charge on any atom is -0.360 e. The van der Waals surface area contributed by atoms with Crippen LogP contribution in [0.15, 0.2) is 59.4 Å². The second-order valence-corrected chi connectivity index (χ2v) is 5.99. The van der Waals surface area contributed by atoms with Crippen molar-refractivity contribution in [1.29, 1.82) is 0 Å². The van der Waals surface area contributed by atoms with Crippen LogP contribution in [0.1, 0.15) is 35.0 Å². The molecule has 4 heteroatoms. The zero-order valence-electron chi connectivity index (χ0n) is 13.9. The minimum absolute atomic E-state index is 0.0801. The molecule has 2 aromatic heterocycles. The second-order valence-electron chi connectivity index (χ2n) is 5.99. The average molecular weight is 320 g/mol. The summed E-state index contributed by atoms with van der Waals surface area (Å²) in [6.45, 7) is 3.75. The van der Waals surface area contributed by atoms with Gasteiger partial charge in [-0.1, -0.05) is 48.5 Å². The maximum Gasteiger partial charge on any atom is 0.171 e. The van der Waals surface area contributed by atoms with Gasteiger partial charge in [-0.25, -0.2) is 0 Å². The molecule has 0 fully saturated rings. The highest BCUT2D eigenvalue weighted by molar-refractivity contribution is 6.03. The normalized spacial score (nSPS) is 12.1. The van der Waals surface area contributed by atoms with Crippen LogP contribution in [0.5, 0.6) is 0 Å². The number of aromatic nitrogens is 2. The van der Waals surface area contributed by atoms with Crippen LogP contribution in [0, 0.1) is 12.8 Å². The highest BCUT2D eigenvalue weighted by Gasteiger charge is 2.25. The Balaban J connectivity index is 1.78. The molecule has 0 spiro atoms. The molecule has 1 unspecified atom stereocenters. The van der Waals surface area contributed by atoms with Gasteiger partial charge in [-0.15, -0.1) is 0 Å². The largest absolute Gasteiger partial charge is 0.360 e. The van der Waals surface area contributed by atoms with Crippen LogP contribution in [0.4, 0.5) is 0 Å². The van der Waals surface area contributed by atoms with E-state index < -0.39 is 0 Å². The van der Waals surface area contributed by atoms with Crippen LogP contribution in [0.2, 0.25) is 0 Å². The van der Waals surface area contributed by atoms with Gasteiger partial charge >= 0.3 is 0 Å². The van der Waals surface area contributed by atoms with Crippen molar-refractivity contribution in [2.24, 2.45) is 5.92 Å². The molecular formula is C20H20N2O2. The maximum absolute atomic E-state index is 12.9. The third-order valence-electron chi connectivity index (χ3n) is 4.19. The smallest absolute Gasteiger partial charge is 0.171 e. The molecule has 0 amide bonds. The molecule has 0 aliphatic carbocycles. The summed E-state index contributed by atoms with van der Waals surface area (Å²) >= 11 is 0. The Morgan fingerprint density at radius 1 is 1.17 bits per heavy atom. The van der Waals surface area contributed by atoms with E-state index in [1.54, 1.807) is 13.1 Å². The van der Waals surface area contributed by atoms with E-state index >= 15 is 0 Å². The predicted octanol–water partition coefficient (Wildman–Crippen LogP) is 4.50. The summed E-state index contributed by atoms with van der Waals surface area (Å²) in [7, 11) is 0. The van der Waals surface area contributed by atoms with E-state index in [1.165, 1.54) is 0 Å². The molecule has 1 atom stereocenters. The predicted molar refractivity (Wildman–Crippen MR) is 92.7 cm³/mol. The lowest BCUT2D eigenvalue weighted by molar-refractivity contribution is 0.0923. The van der Waals surface area contributed by atoms with Crippen molar-refractivity contribution in [3.63, 3.8) is 0 Å². The fraction of sp³-hybridized carbons (Fsp3) is 0.250. The zero-order valence-corrected chi connectivity index (χ0v) is 13.9. The van der Waals surface area contributed by atoms with Gasteiger partial charge in [-0.2, -0.15) is 0 Å². The minimum atomic E-state index is -0.106. The SMILES string of the molecule is Cc1onc(-c2ccccc2)c1C(=O)C(C)CCc1cccnc1. The number of Topliss-reactive ketones (excluding diaryl/α,β-unsaturated/α-hetero) is 1. The summed E-state index contributed by atoms with van der Waals surface area (Å²) in [6.07, 6.45) is 5.19. The van der Waals surface area contributed by atoms with Gasteiger partial charge in [-0.3, -0.25) is 9.78 Å². The molecule has 2 heterocycles. The van der Waals surface area contributed by atoms with E-state index in [4.69, 9.17) is 4.52 Å². The van der Waals surface area contributed by atoms with Crippen LogP contribution < -0.4 is 0 Å². The summed E-state index contributed by atoms with van der Waals surface area (Å²) in [5, 5.41) is 4.10. The quantitative estimate of drug-likeness (QED) is 0.628.